The van der Waals surface area contributed by atoms with Crippen LogP contribution in [0.4, 0.5) is 11.4 Å². The van der Waals surface area contributed by atoms with E-state index in [-0.39, 0.29) is 18.6 Å². The van der Waals surface area contributed by atoms with Crippen molar-refractivity contribution in [3.05, 3.63) is 82.9 Å². The van der Waals surface area contributed by atoms with Gasteiger partial charge >= 0.3 is 0 Å². The van der Waals surface area contributed by atoms with Crippen molar-refractivity contribution in [1.29, 1.82) is 5.26 Å². The predicted octanol–water partition coefficient (Wildman–Crippen LogP) is 3.78. The number of likely N-dealkylation sites (N-methyl/N-ethyl adjacent to an activating group) is 2. The van der Waals surface area contributed by atoms with E-state index in [0.717, 1.165) is 12.1 Å². The highest BCUT2D eigenvalue weighted by atomic mass is 16.7. The summed E-state index contributed by atoms with van der Waals surface area (Å²) in [6.45, 7) is 1.52. The van der Waals surface area contributed by atoms with Crippen LogP contribution in [0.5, 0.6) is 11.5 Å². The normalized spacial score (nSPS) is 15.7. The van der Waals surface area contributed by atoms with Gasteiger partial charge in [0.1, 0.15) is 5.92 Å². The molecule has 0 bridgehead atoms. The average Bonchev–Trinajstić information content (AvgIpc) is 3.52. The monoisotopic (exact) mass is 509 g/mol. The number of hydrogen-bond acceptors (Lipinski definition) is 7. The summed E-state index contributed by atoms with van der Waals surface area (Å²) in [7, 11) is 5.71. The Morgan fingerprint density at radius 1 is 1.00 bits per heavy atom. The number of amides is 2. The Morgan fingerprint density at radius 3 is 2.47 bits per heavy atom. The van der Waals surface area contributed by atoms with Crippen LogP contribution in [0.1, 0.15) is 33.0 Å². The lowest BCUT2D eigenvalue weighted by Crippen LogP contribution is -2.33. The first-order chi connectivity index (χ1) is 18.3. The van der Waals surface area contributed by atoms with Crippen molar-refractivity contribution in [1.82, 2.24) is 9.80 Å². The molecule has 0 spiro atoms. The summed E-state index contributed by atoms with van der Waals surface area (Å²) in [5.41, 5.74) is 4.17. The molecule has 9 heteroatoms. The number of anilines is 1. The quantitative estimate of drug-likeness (QED) is 0.486. The Labute approximate surface area is 220 Å². The molecule has 5 rings (SSSR count). The van der Waals surface area contributed by atoms with E-state index in [1.807, 2.05) is 31.1 Å². The predicted molar refractivity (Wildman–Crippen MR) is 143 cm³/mol. The number of aliphatic imine (C=N–C) groups is 1. The minimum Gasteiger partial charge on any atom is -0.454 e. The number of rotatable bonds is 7. The van der Waals surface area contributed by atoms with Gasteiger partial charge in [-0.3, -0.25) is 14.6 Å². The highest BCUT2D eigenvalue weighted by Gasteiger charge is 2.36. The van der Waals surface area contributed by atoms with Crippen molar-refractivity contribution in [3.8, 4) is 17.6 Å². The molecule has 192 valence electrons. The van der Waals surface area contributed by atoms with Gasteiger partial charge < -0.3 is 24.6 Å². The lowest BCUT2D eigenvalue weighted by atomic mass is 9.90. The third kappa shape index (κ3) is 4.94. The van der Waals surface area contributed by atoms with E-state index in [9.17, 15) is 14.9 Å². The number of hydrogen-bond donors (Lipinski definition) is 1. The summed E-state index contributed by atoms with van der Waals surface area (Å²) in [5, 5.41) is 12.2. The smallest absolute Gasteiger partial charge is 0.253 e. The lowest BCUT2D eigenvalue weighted by molar-refractivity contribution is -0.115. The van der Waals surface area contributed by atoms with Crippen LogP contribution in [-0.2, 0) is 4.79 Å². The second-order valence-corrected chi connectivity index (χ2v) is 9.48. The zero-order valence-electron chi connectivity index (χ0n) is 21.4. The molecule has 3 aromatic carbocycles. The molecule has 0 saturated carbocycles. The number of ether oxygens (including phenoxy) is 2. The number of nitriles is 1. The molecule has 0 aromatic heterocycles. The molecule has 0 aliphatic carbocycles. The molecule has 0 radical (unpaired) electrons. The summed E-state index contributed by atoms with van der Waals surface area (Å²) < 4.78 is 11.0. The first kappa shape index (κ1) is 25.0. The summed E-state index contributed by atoms with van der Waals surface area (Å²) in [5.74, 6) is 0.202. The molecule has 38 heavy (non-hydrogen) atoms. The van der Waals surface area contributed by atoms with Crippen LogP contribution in [0.2, 0.25) is 0 Å². The lowest BCUT2D eigenvalue weighted by Gasteiger charge is -2.19. The summed E-state index contributed by atoms with van der Waals surface area (Å²) in [6.07, 6.45) is 0. The van der Waals surface area contributed by atoms with Crippen LogP contribution in [0.15, 0.2) is 65.7 Å². The standard InChI is InChI=1S/C29H27N5O4/c1-33(2)12-13-34(3)29(36)19-5-8-21(9-6-19)31-27(20-7-11-24-25(15-20)38-17-37-24)26-22-10-4-18(16-30)14-23(22)32-28(26)35/h4-11,14-15,26H,12-13,17H2,1-3H3,(H,32,35). The van der Waals surface area contributed by atoms with E-state index < -0.39 is 5.92 Å². The zero-order chi connectivity index (χ0) is 26.8. The summed E-state index contributed by atoms with van der Waals surface area (Å²) in [4.78, 5) is 34.7. The molecular formula is C29H27N5O4. The third-order valence-corrected chi connectivity index (χ3v) is 6.55. The van der Waals surface area contributed by atoms with Crippen LogP contribution in [0, 0.1) is 11.3 Å². The maximum atomic E-state index is 13.2. The number of nitrogens with zero attached hydrogens (tertiary/aromatic N) is 4. The van der Waals surface area contributed by atoms with E-state index in [4.69, 9.17) is 14.5 Å². The topological polar surface area (TPSA) is 107 Å². The van der Waals surface area contributed by atoms with Gasteiger partial charge in [-0.25, -0.2) is 0 Å². The van der Waals surface area contributed by atoms with Gasteiger partial charge in [0.25, 0.3) is 5.91 Å². The Kier molecular flexibility index (Phi) is 6.81. The first-order valence-corrected chi connectivity index (χ1v) is 12.2. The SMILES string of the molecule is CN(C)CCN(C)C(=O)c1ccc(N=C(c2ccc3c(c2)OCO3)C2C(=O)Nc3cc(C#N)ccc32)cc1. The van der Waals surface area contributed by atoms with Crippen molar-refractivity contribution in [3.63, 3.8) is 0 Å². The maximum absolute atomic E-state index is 13.2. The number of benzene rings is 3. The van der Waals surface area contributed by atoms with E-state index in [0.29, 0.717) is 51.8 Å². The van der Waals surface area contributed by atoms with E-state index in [1.165, 1.54) is 0 Å². The van der Waals surface area contributed by atoms with Gasteiger partial charge in [-0.1, -0.05) is 6.07 Å². The molecule has 2 aliphatic rings. The Hall–Kier alpha value is -4.68. The molecule has 1 atom stereocenters. The van der Waals surface area contributed by atoms with Crippen molar-refractivity contribution >= 4 is 28.9 Å². The highest BCUT2D eigenvalue weighted by molar-refractivity contribution is 6.24. The molecule has 2 heterocycles. The van der Waals surface area contributed by atoms with Crippen molar-refractivity contribution in [2.24, 2.45) is 4.99 Å². The first-order valence-electron chi connectivity index (χ1n) is 12.2. The molecule has 1 N–H and O–H groups in total. The molecule has 9 nitrogen and oxygen atoms in total. The van der Waals surface area contributed by atoms with Crippen molar-refractivity contribution in [2.45, 2.75) is 5.92 Å². The number of fused-ring (bicyclic) bond motifs is 2. The highest BCUT2D eigenvalue weighted by Crippen LogP contribution is 2.39. The fourth-order valence-electron chi connectivity index (χ4n) is 4.44. The number of nitrogens with one attached hydrogen (secondary N) is 1. The van der Waals surface area contributed by atoms with Crippen LogP contribution >= 0.6 is 0 Å². The molecule has 0 saturated heterocycles. The second-order valence-electron chi connectivity index (χ2n) is 9.48. The molecule has 2 aliphatic heterocycles. The van der Waals surface area contributed by atoms with Gasteiger partial charge in [0.15, 0.2) is 11.5 Å². The van der Waals surface area contributed by atoms with E-state index in [1.54, 1.807) is 60.5 Å². The van der Waals surface area contributed by atoms with E-state index in [2.05, 4.69) is 11.4 Å². The summed E-state index contributed by atoms with van der Waals surface area (Å²) in [6, 6.07) is 19.7. The summed E-state index contributed by atoms with van der Waals surface area (Å²) >= 11 is 0. The van der Waals surface area contributed by atoms with Crippen molar-refractivity contribution in [2.75, 3.05) is 46.3 Å². The molecule has 3 aromatic rings. The van der Waals surface area contributed by atoms with Gasteiger partial charge in [0.05, 0.1) is 23.0 Å². The maximum Gasteiger partial charge on any atom is 0.253 e. The third-order valence-electron chi connectivity index (χ3n) is 6.55. The molecule has 1 unspecified atom stereocenters. The number of carbonyl (C=O) groups is 2. The molecule has 2 amide bonds. The van der Waals surface area contributed by atoms with Crippen molar-refractivity contribution < 1.29 is 19.1 Å². The van der Waals surface area contributed by atoms with Gasteiger partial charge in [-0.2, -0.15) is 5.26 Å². The number of carbonyl (C=O) groups excluding carboxylic acids is 2. The van der Waals surface area contributed by atoms with Crippen LogP contribution in [-0.4, -0.2) is 68.4 Å². The minimum atomic E-state index is -0.698. The Morgan fingerprint density at radius 2 is 1.74 bits per heavy atom. The van der Waals surface area contributed by atoms with Gasteiger partial charge in [0, 0.05) is 37.0 Å². The second kappa shape index (κ2) is 10.4. The van der Waals surface area contributed by atoms with Crippen LogP contribution < -0.4 is 14.8 Å². The fraction of sp³-hybridized carbons (Fsp3) is 0.241. The fourth-order valence-corrected chi connectivity index (χ4v) is 4.44. The Balaban J connectivity index is 1.51. The van der Waals surface area contributed by atoms with E-state index >= 15 is 0 Å². The zero-order valence-corrected chi connectivity index (χ0v) is 21.4. The Bertz CT molecular complexity index is 1470. The molecular weight excluding hydrogens is 482 g/mol. The van der Waals surface area contributed by atoms with Crippen LogP contribution in [0.3, 0.4) is 0 Å². The molecule has 0 fully saturated rings. The average molecular weight is 510 g/mol. The van der Waals surface area contributed by atoms with Gasteiger partial charge in [-0.05, 0) is 74.3 Å². The van der Waals surface area contributed by atoms with Crippen LogP contribution in [0.25, 0.3) is 0 Å². The van der Waals surface area contributed by atoms with Gasteiger partial charge in [0.2, 0.25) is 12.7 Å². The largest absolute Gasteiger partial charge is 0.454 e. The van der Waals surface area contributed by atoms with Gasteiger partial charge in [-0.15, -0.1) is 0 Å². The minimum absolute atomic E-state index is 0.0734.